The van der Waals surface area contributed by atoms with Crippen molar-refractivity contribution in [2.75, 3.05) is 6.61 Å². The van der Waals surface area contributed by atoms with Gasteiger partial charge in [0.25, 0.3) is 5.91 Å². The van der Waals surface area contributed by atoms with E-state index in [1.807, 2.05) is 6.92 Å². The van der Waals surface area contributed by atoms with Crippen LogP contribution >= 0.6 is 15.9 Å². The molecule has 1 aromatic carbocycles. The van der Waals surface area contributed by atoms with Crippen LogP contribution in [-0.4, -0.2) is 28.8 Å². The van der Waals surface area contributed by atoms with E-state index in [4.69, 9.17) is 4.74 Å². The molecular formula is C16H17BrFN3O2. The summed E-state index contributed by atoms with van der Waals surface area (Å²) in [7, 11) is 0. The van der Waals surface area contributed by atoms with Gasteiger partial charge in [0.2, 0.25) is 0 Å². The van der Waals surface area contributed by atoms with Gasteiger partial charge in [0.1, 0.15) is 5.82 Å². The molecule has 2 heterocycles. The second-order valence-electron chi connectivity index (χ2n) is 5.57. The second-order valence-corrected chi connectivity index (χ2v) is 6.36. The predicted octanol–water partition coefficient (Wildman–Crippen LogP) is 3.27. The van der Waals surface area contributed by atoms with Gasteiger partial charge in [-0.1, -0.05) is 12.1 Å². The highest BCUT2D eigenvalue weighted by molar-refractivity contribution is 9.10. The Hall–Kier alpha value is -1.73. The van der Waals surface area contributed by atoms with E-state index < -0.39 is 0 Å². The molecule has 0 bridgehead atoms. The molecule has 0 unspecified atom stereocenters. The number of ether oxygens (including phenoxy) is 1. The summed E-state index contributed by atoms with van der Waals surface area (Å²) in [4.78, 5) is 12.5. The summed E-state index contributed by atoms with van der Waals surface area (Å²) >= 11 is 3.35. The lowest BCUT2D eigenvalue weighted by Crippen LogP contribution is -2.36. The molecule has 5 nitrogen and oxygen atoms in total. The first kappa shape index (κ1) is 16.1. The zero-order valence-electron chi connectivity index (χ0n) is 12.6. The molecule has 0 saturated carbocycles. The van der Waals surface area contributed by atoms with Crippen molar-refractivity contribution in [3.63, 3.8) is 0 Å². The molecule has 0 radical (unpaired) electrons. The normalized spacial score (nSPS) is 18.8. The maximum absolute atomic E-state index is 13.2. The molecule has 1 saturated heterocycles. The first-order chi connectivity index (χ1) is 11.1. The van der Waals surface area contributed by atoms with Crippen molar-refractivity contribution in [3.05, 3.63) is 51.5 Å². The van der Waals surface area contributed by atoms with Gasteiger partial charge in [-0.2, -0.15) is 5.10 Å². The highest BCUT2D eigenvalue weighted by atomic mass is 79.9. The van der Waals surface area contributed by atoms with Crippen LogP contribution in [-0.2, 0) is 4.74 Å². The third kappa shape index (κ3) is 3.45. The molecule has 122 valence electrons. The van der Waals surface area contributed by atoms with Crippen molar-refractivity contribution >= 4 is 21.8 Å². The van der Waals surface area contributed by atoms with Gasteiger partial charge < -0.3 is 10.1 Å². The van der Waals surface area contributed by atoms with Crippen molar-refractivity contribution in [1.82, 2.24) is 15.5 Å². The molecule has 1 fully saturated rings. The number of hydrogen-bond acceptors (Lipinski definition) is 3. The van der Waals surface area contributed by atoms with E-state index in [2.05, 4.69) is 31.4 Å². The van der Waals surface area contributed by atoms with Gasteiger partial charge in [-0.15, -0.1) is 0 Å². The number of aromatic nitrogens is 2. The third-order valence-electron chi connectivity index (χ3n) is 3.94. The zero-order chi connectivity index (χ0) is 16.4. The third-order valence-corrected chi connectivity index (χ3v) is 4.91. The largest absolute Gasteiger partial charge is 0.376 e. The Balaban J connectivity index is 1.85. The topological polar surface area (TPSA) is 67.0 Å². The molecule has 3 rings (SSSR count). The van der Waals surface area contributed by atoms with Gasteiger partial charge in [-0.05, 0) is 53.4 Å². The van der Waals surface area contributed by atoms with E-state index in [0.29, 0.717) is 16.8 Å². The number of hydrogen-bond donors (Lipinski definition) is 2. The molecule has 2 N–H and O–H groups in total. The van der Waals surface area contributed by atoms with Gasteiger partial charge in [0.05, 0.1) is 16.6 Å². The molecule has 2 aromatic rings. The van der Waals surface area contributed by atoms with E-state index in [0.717, 1.165) is 24.1 Å². The quantitative estimate of drug-likeness (QED) is 0.853. The van der Waals surface area contributed by atoms with Gasteiger partial charge in [-0.3, -0.25) is 9.89 Å². The van der Waals surface area contributed by atoms with Crippen LogP contribution in [0.4, 0.5) is 4.39 Å². The minimum absolute atomic E-state index is 0.122. The first-order valence-corrected chi connectivity index (χ1v) is 8.24. The monoisotopic (exact) mass is 381 g/mol. The average molecular weight is 382 g/mol. The van der Waals surface area contributed by atoms with E-state index in [-0.39, 0.29) is 23.9 Å². The number of H-pyrrole nitrogens is 1. The van der Waals surface area contributed by atoms with Crippen LogP contribution in [0.15, 0.2) is 28.7 Å². The van der Waals surface area contributed by atoms with Crippen LogP contribution in [0.5, 0.6) is 0 Å². The molecule has 1 aliphatic heterocycles. The summed E-state index contributed by atoms with van der Waals surface area (Å²) in [6, 6.07) is 5.78. The molecule has 0 spiro atoms. The predicted molar refractivity (Wildman–Crippen MR) is 86.6 cm³/mol. The fraction of sp³-hybridized carbons (Fsp3) is 0.375. The van der Waals surface area contributed by atoms with Crippen molar-refractivity contribution in [3.8, 4) is 0 Å². The Morgan fingerprint density at radius 1 is 1.48 bits per heavy atom. The fourth-order valence-electron chi connectivity index (χ4n) is 2.70. The van der Waals surface area contributed by atoms with E-state index in [1.165, 1.54) is 12.1 Å². The average Bonchev–Trinajstić information content (AvgIpc) is 3.17. The molecular weight excluding hydrogens is 365 g/mol. The summed E-state index contributed by atoms with van der Waals surface area (Å²) in [5.74, 6) is -0.608. The van der Waals surface area contributed by atoms with Crippen molar-refractivity contribution < 1.29 is 13.9 Å². The fourth-order valence-corrected chi connectivity index (χ4v) is 3.06. The number of carbonyl (C=O) groups is 1. The number of benzene rings is 1. The molecule has 1 amide bonds. The number of nitrogens with zero attached hydrogens (tertiary/aromatic N) is 1. The summed E-state index contributed by atoms with van der Waals surface area (Å²) in [6.45, 7) is 2.49. The summed E-state index contributed by atoms with van der Waals surface area (Å²) in [5.41, 5.74) is 1.90. The Morgan fingerprint density at radius 2 is 2.22 bits per heavy atom. The highest BCUT2D eigenvalue weighted by Crippen LogP contribution is 2.28. The van der Waals surface area contributed by atoms with Gasteiger partial charge >= 0.3 is 0 Å². The summed E-state index contributed by atoms with van der Waals surface area (Å²) < 4.78 is 19.5. The lowest BCUT2D eigenvalue weighted by molar-refractivity contribution is 0.0669. The first-order valence-electron chi connectivity index (χ1n) is 7.44. The molecule has 0 aliphatic carbocycles. The van der Waals surface area contributed by atoms with E-state index in [9.17, 15) is 9.18 Å². The van der Waals surface area contributed by atoms with E-state index >= 15 is 0 Å². The maximum atomic E-state index is 13.2. The standard InChI is InChI=1S/C16H17BrFN3O2/c1-9-13(17)15(21-20-9)16(22)19-14(12-3-2-8-23-12)10-4-6-11(18)7-5-10/h4-7,12,14H,2-3,8H2,1H3,(H,19,22)(H,20,21)/t12-,14-/m0/s1. The molecule has 23 heavy (non-hydrogen) atoms. The minimum Gasteiger partial charge on any atom is -0.376 e. The summed E-state index contributed by atoms with van der Waals surface area (Å²) in [6.07, 6.45) is 1.68. The zero-order valence-corrected chi connectivity index (χ0v) is 14.2. The SMILES string of the molecule is Cc1[nH]nc(C(=O)N[C@@H](c2ccc(F)cc2)[C@@H]2CCCO2)c1Br. The molecule has 7 heteroatoms. The second kappa shape index (κ2) is 6.80. The molecule has 2 atom stereocenters. The lowest BCUT2D eigenvalue weighted by atomic mass is 9.99. The number of nitrogens with one attached hydrogen (secondary N) is 2. The van der Waals surface area contributed by atoms with Crippen LogP contribution in [0.1, 0.15) is 40.6 Å². The highest BCUT2D eigenvalue weighted by Gasteiger charge is 2.30. The Morgan fingerprint density at radius 3 is 2.78 bits per heavy atom. The number of rotatable bonds is 4. The molecule has 1 aromatic heterocycles. The maximum Gasteiger partial charge on any atom is 0.273 e. The van der Waals surface area contributed by atoms with Crippen LogP contribution in [0, 0.1) is 12.7 Å². The van der Waals surface area contributed by atoms with Gasteiger partial charge in [0.15, 0.2) is 5.69 Å². The minimum atomic E-state index is -0.338. The Bertz CT molecular complexity index is 696. The van der Waals surface area contributed by atoms with E-state index in [1.54, 1.807) is 12.1 Å². The molecule has 1 aliphatic rings. The van der Waals surface area contributed by atoms with Crippen molar-refractivity contribution in [1.29, 1.82) is 0 Å². The summed E-state index contributed by atoms with van der Waals surface area (Å²) in [5, 5.41) is 9.75. The van der Waals surface area contributed by atoms with Crippen LogP contribution in [0.25, 0.3) is 0 Å². The van der Waals surface area contributed by atoms with Gasteiger partial charge in [-0.25, -0.2) is 4.39 Å². The Kier molecular flexibility index (Phi) is 4.77. The number of amides is 1. The van der Waals surface area contributed by atoms with Crippen molar-refractivity contribution in [2.24, 2.45) is 0 Å². The van der Waals surface area contributed by atoms with Crippen LogP contribution in [0.2, 0.25) is 0 Å². The number of aryl methyl sites for hydroxylation is 1. The van der Waals surface area contributed by atoms with Crippen molar-refractivity contribution in [2.45, 2.75) is 31.9 Å². The number of halogens is 2. The number of aromatic amines is 1. The van der Waals surface area contributed by atoms with Gasteiger partial charge in [0, 0.05) is 12.3 Å². The number of carbonyl (C=O) groups excluding carboxylic acids is 1. The van der Waals surface area contributed by atoms with Crippen LogP contribution < -0.4 is 5.32 Å². The Labute approximate surface area is 141 Å². The lowest BCUT2D eigenvalue weighted by Gasteiger charge is -2.24. The van der Waals surface area contributed by atoms with Crippen LogP contribution in [0.3, 0.4) is 0 Å². The smallest absolute Gasteiger partial charge is 0.273 e.